The van der Waals surface area contributed by atoms with E-state index in [1.807, 2.05) is 18.2 Å². The van der Waals surface area contributed by atoms with Crippen LogP contribution in [0.2, 0.25) is 0 Å². The first-order valence-corrected chi connectivity index (χ1v) is 9.55. The second-order valence-electron chi connectivity index (χ2n) is 7.61. The third-order valence-electron chi connectivity index (χ3n) is 6.14. The average Bonchev–Trinajstić information content (AvgIpc) is 3.21. The van der Waals surface area contributed by atoms with E-state index in [4.69, 9.17) is 4.74 Å². The molecule has 3 aromatic rings. The Morgan fingerprint density at radius 3 is 2.73 bits per heavy atom. The van der Waals surface area contributed by atoms with E-state index in [1.54, 1.807) is 26.2 Å². The lowest BCUT2D eigenvalue weighted by atomic mass is 9.87. The Morgan fingerprint density at radius 1 is 1.23 bits per heavy atom. The fraction of sp³-hybridized carbons (Fsp3) is 0.238. The number of fused-ring (bicyclic) bond motifs is 5. The van der Waals surface area contributed by atoms with Crippen LogP contribution in [0.3, 0.4) is 0 Å². The minimum absolute atomic E-state index is 0.0787. The molecule has 0 aliphatic carbocycles. The van der Waals surface area contributed by atoms with Gasteiger partial charge in [-0.3, -0.25) is 4.79 Å². The van der Waals surface area contributed by atoms with E-state index in [0.29, 0.717) is 24.4 Å². The van der Waals surface area contributed by atoms with Crippen LogP contribution in [0, 0.1) is 5.21 Å². The summed E-state index contributed by atoms with van der Waals surface area (Å²) in [5.74, 6) is 0.239. The molecular weight excluding hydrogens is 388 g/mol. The van der Waals surface area contributed by atoms with Crippen molar-refractivity contribution in [1.82, 2.24) is 9.88 Å². The number of amides is 3. The number of aromatic amines is 1. The number of carbonyl (C=O) groups excluding carboxylic acids is 2. The molecule has 1 fully saturated rings. The molecule has 9 heteroatoms. The Hall–Kier alpha value is -3.40. The quantitative estimate of drug-likeness (QED) is 0.452. The van der Waals surface area contributed by atoms with Gasteiger partial charge in [-0.25, -0.2) is 14.9 Å². The molecule has 2 aliphatic heterocycles. The zero-order chi connectivity index (χ0) is 21.2. The van der Waals surface area contributed by atoms with Crippen LogP contribution >= 0.6 is 0 Å². The Labute approximate surface area is 171 Å². The topological polar surface area (TPSA) is 113 Å². The maximum absolute atomic E-state index is 13.6. The van der Waals surface area contributed by atoms with Gasteiger partial charge < -0.3 is 19.8 Å². The van der Waals surface area contributed by atoms with Gasteiger partial charge in [-0.15, -0.1) is 0 Å². The average molecular weight is 408 g/mol. The highest BCUT2D eigenvalue weighted by Crippen LogP contribution is 2.46. The molecule has 3 amide bonds. The molecule has 1 saturated heterocycles. The third-order valence-corrected chi connectivity index (χ3v) is 6.14. The molecule has 2 atom stereocenters. The second kappa shape index (κ2) is 6.30. The molecule has 2 aromatic carbocycles. The summed E-state index contributed by atoms with van der Waals surface area (Å²) in [6.07, 6.45) is 0.575. The summed E-state index contributed by atoms with van der Waals surface area (Å²) < 4.78 is 5.33. The summed E-state index contributed by atoms with van der Waals surface area (Å²) >= 11 is 0. The molecule has 30 heavy (non-hydrogen) atoms. The van der Waals surface area contributed by atoms with Crippen molar-refractivity contribution in [2.45, 2.75) is 18.9 Å². The van der Waals surface area contributed by atoms with Crippen LogP contribution < -0.4 is 14.9 Å². The summed E-state index contributed by atoms with van der Waals surface area (Å²) in [5, 5.41) is 21.0. The van der Waals surface area contributed by atoms with Crippen molar-refractivity contribution in [2.75, 3.05) is 18.6 Å². The number of hydrogen-bond donors (Lipinski definition) is 3. The standard InChI is InChI=1S/C21H20N4O5/c1-21-18-13(14-11-12(30-2)7-8-15(14)22-18)9-10-23(21)20(27)24(19(21)26)16-5-3-4-6-17(16)25(28)29/h3-8,11,22,25,28H,9-10H2,1-2H3. The lowest BCUT2D eigenvalue weighted by molar-refractivity contribution is -0.990. The van der Waals surface area contributed by atoms with E-state index in [0.717, 1.165) is 21.4 Å². The van der Waals surface area contributed by atoms with Crippen LogP contribution in [0.1, 0.15) is 18.2 Å². The number of carbonyl (C=O) groups is 2. The molecule has 2 unspecified atom stereocenters. The lowest BCUT2D eigenvalue weighted by Crippen LogP contribution is -2.99. The first kappa shape index (κ1) is 18.6. The molecular formula is C21H20N4O5. The van der Waals surface area contributed by atoms with Crippen molar-refractivity contribution in [2.24, 2.45) is 0 Å². The van der Waals surface area contributed by atoms with Crippen molar-refractivity contribution >= 4 is 34.2 Å². The van der Waals surface area contributed by atoms with Crippen molar-refractivity contribution in [1.29, 1.82) is 0 Å². The zero-order valence-corrected chi connectivity index (χ0v) is 16.4. The monoisotopic (exact) mass is 408 g/mol. The SMILES string of the molecule is COc1ccc2[nH]c3c(c2c1)CCN1C(=O)N(c2ccccc2[NH+]([O-])O)C(=O)C31C. The predicted octanol–water partition coefficient (Wildman–Crippen LogP) is 1.82. The first-order valence-electron chi connectivity index (χ1n) is 9.55. The van der Waals surface area contributed by atoms with Crippen molar-refractivity contribution in [3.8, 4) is 5.75 Å². The Kier molecular flexibility index (Phi) is 3.91. The molecule has 154 valence electrons. The number of urea groups is 1. The van der Waals surface area contributed by atoms with Crippen LogP contribution in [-0.2, 0) is 16.8 Å². The molecule has 0 bridgehead atoms. The summed E-state index contributed by atoms with van der Waals surface area (Å²) in [6.45, 7) is 2.06. The number of benzene rings is 2. The highest BCUT2D eigenvalue weighted by molar-refractivity contribution is 6.24. The number of imide groups is 1. The van der Waals surface area contributed by atoms with Crippen molar-refractivity contribution < 1.29 is 24.8 Å². The van der Waals surface area contributed by atoms with Crippen molar-refractivity contribution in [3.05, 3.63) is 58.9 Å². The van der Waals surface area contributed by atoms with E-state index < -0.39 is 22.7 Å². The molecule has 3 heterocycles. The van der Waals surface area contributed by atoms with Gasteiger partial charge in [-0.2, -0.15) is 5.23 Å². The smallest absolute Gasteiger partial charge is 0.332 e. The highest BCUT2D eigenvalue weighted by Gasteiger charge is 2.59. The molecule has 3 N–H and O–H groups in total. The molecule has 0 saturated carbocycles. The molecule has 0 spiro atoms. The molecule has 0 radical (unpaired) electrons. The van der Waals surface area contributed by atoms with Gasteiger partial charge in [0.25, 0.3) is 5.91 Å². The number of methoxy groups -OCH3 is 1. The fourth-order valence-corrected chi connectivity index (χ4v) is 4.61. The fourth-order valence-electron chi connectivity index (χ4n) is 4.61. The third kappa shape index (κ3) is 2.28. The number of nitrogens with zero attached hydrogens (tertiary/aromatic N) is 2. The van der Waals surface area contributed by atoms with E-state index in [2.05, 4.69) is 4.98 Å². The van der Waals surface area contributed by atoms with Gasteiger partial charge in [0.2, 0.25) is 0 Å². The normalized spacial score (nSPS) is 21.7. The zero-order valence-electron chi connectivity index (χ0n) is 16.4. The van der Waals surface area contributed by atoms with Gasteiger partial charge in [-0.05, 0) is 43.2 Å². The van der Waals surface area contributed by atoms with E-state index in [9.17, 15) is 20.0 Å². The predicted molar refractivity (Wildman–Crippen MR) is 108 cm³/mol. The number of aromatic nitrogens is 1. The molecule has 9 nitrogen and oxygen atoms in total. The summed E-state index contributed by atoms with van der Waals surface area (Å²) in [6, 6.07) is 11.2. The Morgan fingerprint density at radius 2 is 2.00 bits per heavy atom. The molecule has 1 aromatic heterocycles. The van der Waals surface area contributed by atoms with E-state index >= 15 is 0 Å². The Bertz CT molecular complexity index is 1200. The maximum Gasteiger partial charge on any atom is 0.332 e. The minimum atomic E-state index is -1.25. The van der Waals surface area contributed by atoms with Gasteiger partial charge in [0, 0.05) is 23.5 Å². The number of anilines is 1. The Balaban J connectivity index is 1.68. The summed E-state index contributed by atoms with van der Waals surface area (Å²) in [4.78, 5) is 32.7. The second-order valence-corrected chi connectivity index (χ2v) is 7.61. The first-order chi connectivity index (χ1) is 14.4. The van der Waals surface area contributed by atoms with Crippen LogP contribution in [0.25, 0.3) is 10.9 Å². The summed E-state index contributed by atoms with van der Waals surface area (Å²) in [5.41, 5.74) is 1.22. The van der Waals surface area contributed by atoms with Gasteiger partial charge in [0.15, 0.2) is 11.2 Å². The molecule has 5 rings (SSSR count). The highest BCUT2D eigenvalue weighted by atomic mass is 16.8. The maximum atomic E-state index is 13.6. The number of H-pyrrole nitrogens is 1. The van der Waals surface area contributed by atoms with Crippen LogP contribution in [0.4, 0.5) is 16.2 Å². The lowest BCUT2D eigenvalue weighted by Gasteiger charge is -2.35. The van der Waals surface area contributed by atoms with E-state index in [-0.39, 0.29) is 11.4 Å². The van der Waals surface area contributed by atoms with Gasteiger partial charge in [0.05, 0.1) is 12.8 Å². The number of ether oxygens (including phenoxy) is 1. The number of para-hydroxylation sites is 2. The minimum Gasteiger partial charge on any atom is -0.595 e. The van der Waals surface area contributed by atoms with Gasteiger partial charge >= 0.3 is 6.03 Å². The number of rotatable bonds is 3. The van der Waals surface area contributed by atoms with E-state index in [1.165, 1.54) is 17.0 Å². The van der Waals surface area contributed by atoms with Crippen LogP contribution in [0.5, 0.6) is 5.75 Å². The largest absolute Gasteiger partial charge is 0.595 e. The van der Waals surface area contributed by atoms with Crippen molar-refractivity contribution in [3.63, 3.8) is 0 Å². The number of quaternary nitrogens is 1. The summed E-state index contributed by atoms with van der Waals surface area (Å²) in [7, 11) is 1.60. The van der Waals surface area contributed by atoms with Crippen LogP contribution in [0.15, 0.2) is 42.5 Å². The number of nitrogens with one attached hydrogen (secondary N) is 2. The van der Waals surface area contributed by atoms with Crippen LogP contribution in [-0.4, -0.2) is 40.7 Å². The van der Waals surface area contributed by atoms with Gasteiger partial charge in [0.1, 0.15) is 11.4 Å². The van der Waals surface area contributed by atoms with Gasteiger partial charge in [-0.1, -0.05) is 12.1 Å². The number of hydrogen-bond acceptors (Lipinski definition) is 5. The molecule has 2 aliphatic rings.